The average molecular weight is 550 g/mol. The van der Waals surface area contributed by atoms with Crippen molar-refractivity contribution < 1.29 is 27.1 Å². The molecule has 10 heteroatoms. The Kier molecular flexibility index (Phi) is 11.1. The quantitative estimate of drug-likeness (QED) is 0.351. The van der Waals surface area contributed by atoms with Gasteiger partial charge in [0.15, 0.2) is 0 Å². The van der Waals surface area contributed by atoms with E-state index in [1.54, 1.807) is 18.1 Å². The summed E-state index contributed by atoms with van der Waals surface area (Å²) in [4.78, 5) is 15.4. The van der Waals surface area contributed by atoms with Crippen LogP contribution < -0.4 is 14.8 Å². The first-order valence-corrected chi connectivity index (χ1v) is 14.8. The van der Waals surface area contributed by atoms with Gasteiger partial charge in [0.25, 0.3) is 5.91 Å². The molecule has 1 amide bonds. The van der Waals surface area contributed by atoms with Crippen molar-refractivity contribution in [1.29, 1.82) is 0 Å². The van der Waals surface area contributed by atoms with Crippen LogP contribution in [0.5, 0.6) is 5.75 Å². The van der Waals surface area contributed by atoms with Crippen LogP contribution in [0.25, 0.3) is 0 Å². The molecule has 2 aromatic carbocycles. The molecule has 0 saturated carbocycles. The summed E-state index contributed by atoms with van der Waals surface area (Å²) in [6, 6.07) is 10.6. The molecule has 1 aliphatic heterocycles. The van der Waals surface area contributed by atoms with Gasteiger partial charge >= 0.3 is 0 Å². The second-order valence-electron chi connectivity index (χ2n) is 9.95. The number of methoxy groups -OCH3 is 1. The normalized spacial score (nSPS) is 17.6. The Labute approximate surface area is 225 Å². The van der Waals surface area contributed by atoms with Crippen molar-refractivity contribution in [2.75, 3.05) is 40.0 Å². The zero-order valence-electron chi connectivity index (χ0n) is 22.7. The third kappa shape index (κ3) is 8.49. The molecule has 1 saturated heterocycles. The highest BCUT2D eigenvalue weighted by molar-refractivity contribution is 7.88. The van der Waals surface area contributed by atoms with Gasteiger partial charge in [-0.25, -0.2) is 17.5 Å². The molecule has 210 valence electrons. The first-order valence-electron chi connectivity index (χ1n) is 13.1. The van der Waals surface area contributed by atoms with Crippen molar-refractivity contribution in [2.45, 2.75) is 51.4 Å². The lowest BCUT2D eigenvalue weighted by Gasteiger charge is -2.32. The second-order valence-corrected chi connectivity index (χ2v) is 11.7. The Hall–Kier alpha value is -2.53. The Morgan fingerprint density at radius 3 is 2.55 bits per heavy atom. The smallest absolute Gasteiger partial charge is 0.254 e. The Bertz CT molecular complexity index is 1160. The van der Waals surface area contributed by atoms with E-state index in [2.05, 4.69) is 10.0 Å². The highest BCUT2D eigenvalue weighted by atomic mass is 32.2. The molecule has 2 atom stereocenters. The fourth-order valence-electron chi connectivity index (χ4n) is 4.58. The Morgan fingerprint density at radius 1 is 1.16 bits per heavy atom. The lowest BCUT2D eigenvalue weighted by atomic mass is 10.0. The summed E-state index contributed by atoms with van der Waals surface area (Å²) in [6.07, 6.45) is 1.54. The lowest BCUT2D eigenvalue weighted by Crippen LogP contribution is -2.47. The molecule has 1 heterocycles. The molecule has 0 radical (unpaired) electrons. The maximum Gasteiger partial charge on any atom is 0.254 e. The topological polar surface area (TPSA) is 97.0 Å². The Balaban J connectivity index is 1.70. The summed E-state index contributed by atoms with van der Waals surface area (Å²) in [5.74, 6) is -0.174. The van der Waals surface area contributed by atoms with Crippen LogP contribution in [-0.4, -0.2) is 71.3 Å². The van der Waals surface area contributed by atoms with Gasteiger partial charge in [-0.05, 0) is 55.7 Å². The van der Waals surface area contributed by atoms with Crippen LogP contribution in [0.4, 0.5) is 4.39 Å². The monoisotopic (exact) mass is 549 g/mol. The molecule has 1 fully saturated rings. The van der Waals surface area contributed by atoms with Crippen LogP contribution in [0.1, 0.15) is 48.7 Å². The molecule has 2 N–H and O–H groups in total. The third-order valence-electron chi connectivity index (χ3n) is 6.70. The molecular formula is C28H40FN3O5S. The minimum atomic E-state index is -3.66. The average Bonchev–Trinajstić information content (AvgIpc) is 3.31. The van der Waals surface area contributed by atoms with Crippen molar-refractivity contribution in [3.63, 3.8) is 0 Å². The van der Waals surface area contributed by atoms with Crippen LogP contribution in [-0.2, 0) is 26.9 Å². The van der Waals surface area contributed by atoms with Crippen LogP contribution in [0.2, 0.25) is 0 Å². The van der Waals surface area contributed by atoms with Crippen molar-refractivity contribution in [3.8, 4) is 5.75 Å². The molecule has 0 bridgehead atoms. The van der Waals surface area contributed by atoms with Gasteiger partial charge in [-0.15, -0.1) is 0 Å². The van der Waals surface area contributed by atoms with Crippen LogP contribution in [0.15, 0.2) is 42.5 Å². The number of nitrogens with zero attached hydrogens (tertiary/aromatic N) is 1. The van der Waals surface area contributed by atoms with Gasteiger partial charge in [-0.1, -0.05) is 25.1 Å². The molecular weight excluding hydrogens is 509 g/mol. The van der Waals surface area contributed by atoms with Gasteiger partial charge in [0.1, 0.15) is 11.6 Å². The number of ether oxygens (including phenoxy) is 2. The minimum Gasteiger partial charge on any atom is -0.493 e. The lowest BCUT2D eigenvalue weighted by molar-refractivity contribution is 0.0671. The predicted molar refractivity (Wildman–Crippen MR) is 146 cm³/mol. The number of sulfonamides is 1. The van der Waals surface area contributed by atoms with E-state index in [-0.39, 0.29) is 29.7 Å². The first-order chi connectivity index (χ1) is 18.1. The van der Waals surface area contributed by atoms with Crippen molar-refractivity contribution in [3.05, 3.63) is 65.0 Å². The number of rotatable bonds is 14. The SMILES string of the molecule is CCc1ccc(C(=O)N(CC2CNCC2NS(=O)(=O)Cc2ccc(F)cc2)C(C)C)cc1OCCCOC. The fraction of sp³-hybridized carbons (Fsp3) is 0.536. The molecule has 1 aliphatic rings. The van der Waals surface area contributed by atoms with Crippen LogP contribution >= 0.6 is 0 Å². The van der Waals surface area contributed by atoms with E-state index in [4.69, 9.17) is 9.47 Å². The van der Waals surface area contributed by atoms with Gasteiger partial charge in [0, 0.05) is 63.3 Å². The summed E-state index contributed by atoms with van der Waals surface area (Å²) in [6.45, 7) is 8.51. The van der Waals surface area contributed by atoms with Gasteiger partial charge in [0.2, 0.25) is 10.0 Å². The summed E-state index contributed by atoms with van der Waals surface area (Å²) in [5.41, 5.74) is 2.08. The summed E-state index contributed by atoms with van der Waals surface area (Å²) in [7, 11) is -2.01. The summed E-state index contributed by atoms with van der Waals surface area (Å²) in [5, 5.41) is 3.25. The molecule has 8 nitrogen and oxygen atoms in total. The van der Waals surface area contributed by atoms with E-state index in [0.29, 0.717) is 49.7 Å². The van der Waals surface area contributed by atoms with Crippen LogP contribution in [0.3, 0.4) is 0 Å². The van der Waals surface area contributed by atoms with E-state index in [9.17, 15) is 17.6 Å². The summed E-state index contributed by atoms with van der Waals surface area (Å²) >= 11 is 0. The number of hydrogen-bond acceptors (Lipinski definition) is 6. The number of carbonyl (C=O) groups excluding carboxylic acids is 1. The first kappa shape index (κ1) is 30.0. The highest BCUT2D eigenvalue weighted by Gasteiger charge is 2.34. The number of benzene rings is 2. The number of halogens is 1. The van der Waals surface area contributed by atoms with Crippen molar-refractivity contribution in [1.82, 2.24) is 14.9 Å². The number of hydrogen-bond donors (Lipinski definition) is 2. The molecule has 0 spiro atoms. The van der Waals surface area contributed by atoms with Gasteiger partial charge in [-0.2, -0.15) is 0 Å². The van der Waals surface area contributed by atoms with Gasteiger partial charge < -0.3 is 19.7 Å². The number of carbonyl (C=O) groups is 1. The zero-order valence-corrected chi connectivity index (χ0v) is 23.5. The van der Waals surface area contributed by atoms with Crippen molar-refractivity contribution >= 4 is 15.9 Å². The van der Waals surface area contributed by atoms with Crippen LogP contribution in [0, 0.1) is 11.7 Å². The molecule has 38 heavy (non-hydrogen) atoms. The van der Waals surface area contributed by atoms with E-state index in [1.165, 1.54) is 24.3 Å². The standard InChI is InChI=1S/C28H40FN3O5S/c1-5-22-9-10-23(15-27(22)37-14-6-13-36-4)28(33)32(20(2)3)18-24-16-30-17-26(24)31-38(34,35)19-21-7-11-25(29)12-8-21/h7-12,15,20,24,26,30-31H,5-6,13-14,16-19H2,1-4H3. The summed E-state index contributed by atoms with van der Waals surface area (Å²) < 4.78 is 52.8. The number of nitrogens with one attached hydrogen (secondary N) is 2. The molecule has 2 aromatic rings. The number of amides is 1. The second kappa shape index (κ2) is 14.0. The molecule has 2 unspecified atom stereocenters. The van der Waals surface area contributed by atoms with E-state index in [1.807, 2.05) is 32.9 Å². The maximum atomic E-state index is 13.6. The van der Waals surface area contributed by atoms with E-state index < -0.39 is 15.8 Å². The minimum absolute atomic E-state index is 0.0866. The predicted octanol–water partition coefficient (Wildman–Crippen LogP) is 3.36. The Morgan fingerprint density at radius 2 is 1.89 bits per heavy atom. The van der Waals surface area contributed by atoms with Gasteiger partial charge in [-0.3, -0.25) is 4.79 Å². The third-order valence-corrected chi connectivity index (χ3v) is 8.08. The van der Waals surface area contributed by atoms with E-state index in [0.717, 1.165) is 18.4 Å². The van der Waals surface area contributed by atoms with Crippen molar-refractivity contribution in [2.24, 2.45) is 5.92 Å². The molecule has 0 aliphatic carbocycles. The largest absolute Gasteiger partial charge is 0.493 e. The molecule has 0 aromatic heterocycles. The zero-order chi connectivity index (χ0) is 27.7. The molecule has 3 rings (SSSR count). The highest BCUT2D eigenvalue weighted by Crippen LogP contribution is 2.24. The van der Waals surface area contributed by atoms with E-state index >= 15 is 0 Å². The number of aryl methyl sites for hydroxylation is 1. The van der Waals surface area contributed by atoms with Gasteiger partial charge in [0.05, 0.1) is 12.4 Å². The maximum absolute atomic E-state index is 13.6. The fourth-order valence-corrected chi connectivity index (χ4v) is 6.03.